The summed E-state index contributed by atoms with van der Waals surface area (Å²) in [5, 5.41) is 2.79. The van der Waals surface area contributed by atoms with Crippen molar-refractivity contribution in [3.05, 3.63) is 22.7 Å². The summed E-state index contributed by atoms with van der Waals surface area (Å²) in [5.74, 6) is 0.0649. The minimum Gasteiger partial charge on any atom is -0.496 e. The van der Waals surface area contributed by atoms with Gasteiger partial charge >= 0.3 is 0 Å². The van der Waals surface area contributed by atoms with Crippen LogP contribution in [0, 0.1) is 5.92 Å². The maximum atomic E-state index is 12.2. The van der Waals surface area contributed by atoms with E-state index in [1.165, 1.54) is 19.2 Å². The lowest BCUT2D eigenvalue weighted by molar-refractivity contribution is 0.0953. The molecule has 134 valence electrons. The van der Waals surface area contributed by atoms with Crippen LogP contribution < -0.4 is 20.5 Å². The number of carbonyl (C=O) groups excluding carboxylic acids is 1. The predicted octanol–water partition coefficient (Wildman–Crippen LogP) is 1.38. The third kappa shape index (κ3) is 4.99. The van der Waals surface area contributed by atoms with Gasteiger partial charge < -0.3 is 15.8 Å². The van der Waals surface area contributed by atoms with Gasteiger partial charge in [-0.3, -0.25) is 4.79 Å². The normalized spacial score (nSPS) is 14.9. The van der Waals surface area contributed by atoms with Gasteiger partial charge in [-0.15, -0.1) is 0 Å². The van der Waals surface area contributed by atoms with Crippen LogP contribution in [-0.4, -0.2) is 40.3 Å². The first-order valence-corrected chi connectivity index (χ1v) is 9.74. The van der Waals surface area contributed by atoms with Gasteiger partial charge in [-0.05, 0) is 24.8 Å². The van der Waals surface area contributed by atoms with Crippen LogP contribution in [0.5, 0.6) is 5.75 Å². The monoisotopic (exact) mass is 375 g/mol. The summed E-state index contributed by atoms with van der Waals surface area (Å²) in [7, 11) is -1.99. The number of ether oxygens (including phenoxy) is 1. The minimum atomic E-state index is -3.40. The molecule has 0 aromatic heterocycles. The van der Waals surface area contributed by atoms with E-state index in [9.17, 15) is 13.2 Å². The van der Waals surface area contributed by atoms with Gasteiger partial charge in [0.15, 0.2) is 0 Å². The van der Waals surface area contributed by atoms with E-state index in [1.54, 1.807) is 0 Å². The van der Waals surface area contributed by atoms with Crippen LogP contribution in [0.25, 0.3) is 0 Å². The Hall–Kier alpha value is -1.51. The molecule has 1 aliphatic carbocycles. The molecule has 7 nitrogen and oxygen atoms in total. The number of nitrogen functional groups attached to an aromatic ring is 1. The van der Waals surface area contributed by atoms with Crippen molar-refractivity contribution in [3.8, 4) is 5.75 Å². The van der Waals surface area contributed by atoms with Crippen LogP contribution in [0.1, 0.15) is 29.6 Å². The van der Waals surface area contributed by atoms with Crippen LogP contribution in [0.3, 0.4) is 0 Å². The summed E-state index contributed by atoms with van der Waals surface area (Å²) in [6, 6.07) is 2.85. The largest absolute Gasteiger partial charge is 0.496 e. The minimum absolute atomic E-state index is 0.00994. The Morgan fingerprint density at radius 1 is 1.42 bits per heavy atom. The molecule has 2 rings (SSSR count). The molecule has 1 saturated carbocycles. The Morgan fingerprint density at radius 2 is 2.12 bits per heavy atom. The Kier molecular flexibility index (Phi) is 6.31. The zero-order valence-corrected chi connectivity index (χ0v) is 15.0. The van der Waals surface area contributed by atoms with E-state index in [2.05, 4.69) is 10.0 Å². The topological polar surface area (TPSA) is 111 Å². The van der Waals surface area contributed by atoms with Crippen molar-refractivity contribution in [1.82, 2.24) is 10.0 Å². The molecular weight excluding hydrogens is 354 g/mol. The van der Waals surface area contributed by atoms with Crippen LogP contribution in [-0.2, 0) is 10.0 Å². The molecule has 0 spiro atoms. The fourth-order valence-electron chi connectivity index (χ4n) is 2.32. The number of methoxy groups -OCH3 is 1. The third-order valence-corrected chi connectivity index (χ3v) is 5.71. The molecule has 0 heterocycles. The molecule has 1 fully saturated rings. The van der Waals surface area contributed by atoms with Crippen molar-refractivity contribution in [2.45, 2.75) is 19.3 Å². The standard InChI is InChI=1S/C15H22ClN3O4S/c1-23-14-8-13(17)12(16)7-11(14)15(20)18-5-6-24(21,22)19-9-10-3-2-4-10/h7-8,10,19H,2-6,9,17H2,1H3,(H,18,20). The molecule has 4 N–H and O–H groups in total. The van der Waals surface area contributed by atoms with Gasteiger partial charge in [0.1, 0.15) is 5.75 Å². The molecule has 24 heavy (non-hydrogen) atoms. The predicted molar refractivity (Wildman–Crippen MR) is 93.9 cm³/mol. The highest BCUT2D eigenvalue weighted by Gasteiger charge is 2.20. The summed E-state index contributed by atoms with van der Waals surface area (Å²) in [6.07, 6.45) is 3.29. The SMILES string of the molecule is COc1cc(N)c(Cl)cc1C(=O)NCCS(=O)(=O)NCC1CCC1. The number of sulfonamides is 1. The molecule has 1 amide bonds. The quantitative estimate of drug-likeness (QED) is 0.594. The number of carbonyl (C=O) groups is 1. The first-order valence-electron chi connectivity index (χ1n) is 7.71. The molecule has 0 unspecified atom stereocenters. The number of hydrogen-bond donors (Lipinski definition) is 3. The molecule has 1 aromatic rings. The number of nitrogens with one attached hydrogen (secondary N) is 2. The number of rotatable bonds is 8. The van der Waals surface area contributed by atoms with E-state index in [-0.39, 0.29) is 28.6 Å². The molecule has 0 saturated heterocycles. The smallest absolute Gasteiger partial charge is 0.255 e. The number of amides is 1. The molecule has 1 aromatic carbocycles. The van der Waals surface area contributed by atoms with Gasteiger partial charge in [0.25, 0.3) is 5.91 Å². The third-order valence-electron chi connectivity index (χ3n) is 4.04. The first-order chi connectivity index (χ1) is 11.3. The number of benzene rings is 1. The number of hydrogen-bond acceptors (Lipinski definition) is 5. The summed E-state index contributed by atoms with van der Waals surface area (Å²) < 4.78 is 31.5. The maximum Gasteiger partial charge on any atom is 0.255 e. The van der Waals surface area contributed by atoms with Crippen LogP contribution in [0.15, 0.2) is 12.1 Å². The van der Waals surface area contributed by atoms with E-state index in [4.69, 9.17) is 22.1 Å². The Bertz CT molecular complexity index is 705. The lowest BCUT2D eigenvalue weighted by Gasteiger charge is -2.25. The molecule has 0 bridgehead atoms. The van der Waals surface area contributed by atoms with E-state index >= 15 is 0 Å². The van der Waals surface area contributed by atoms with Crippen LogP contribution in [0.2, 0.25) is 5.02 Å². The molecule has 0 radical (unpaired) electrons. The molecule has 0 atom stereocenters. The van der Waals surface area contributed by atoms with E-state index in [0.717, 1.165) is 19.3 Å². The van der Waals surface area contributed by atoms with Crippen LogP contribution in [0.4, 0.5) is 5.69 Å². The molecule has 0 aliphatic heterocycles. The van der Waals surface area contributed by atoms with Gasteiger partial charge in [-0.25, -0.2) is 13.1 Å². The highest BCUT2D eigenvalue weighted by Crippen LogP contribution is 2.28. The van der Waals surface area contributed by atoms with Gasteiger partial charge in [0.2, 0.25) is 10.0 Å². The lowest BCUT2D eigenvalue weighted by Crippen LogP contribution is -2.37. The Morgan fingerprint density at radius 3 is 2.71 bits per heavy atom. The summed E-state index contributed by atoms with van der Waals surface area (Å²) >= 11 is 5.92. The number of nitrogens with two attached hydrogens (primary N) is 1. The average molecular weight is 376 g/mol. The Labute approximate surface area is 146 Å². The zero-order valence-electron chi connectivity index (χ0n) is 13.5. The van der Waals surface area contributed by atoms with Crippen molar-refractivity contribution in [1.29, 1.82) is 0 Å². The van der Waals surface area contributed by atoms with Crippen molar-refractivity contribution >= 4 is 33.2 Å². The number of halogens is 1. The number of anilines is 1. The molecule has 1 aliphatic rings. The summed E-state index contributed by atoms with van der Waals surface area (Å²) in [4.78, 5) is 12.2. The van der Waals surface area contributed by atoms with Crippen molar-refractivity contribution in [2.24, 2.45) is 5.92 Å². The molecule has 9 heteroatoms. The van der Waals surface area contributed by atoms with Gasteiger partial charge in [-0.1, -0.05) is 18.0 Å². The maximum absolute atomic E-state index is 12.2. The van der Waals surface area contributed by atoms with Crippen molar-refractivity contribution in [2.75, 3.05) is 31.7 Å². The molecular formula is C15H22ClN3O4S. The van der Waals surface area contributed by atoms with Crippen LogP contribution >= 0.6 is 11.6 Å². The highest BCUT2D eigenvalue weighted by molar-refractivity contribution is 7.89. The second kappa shape index (κ2) is 8.04. The van der Waals surface area contributed by atoms with E-state index < -0.39 is 15.9 Å². The highest BCUT2D eigenvalue weighted by atomic mass is 35.5. The second-order valence-electron chi connectivity index (χ2n) is 5.79. The van der Waals surface area contributed by atoms with Gasteiger partial charge in [-0.2, -0.15) is 0 Å². The summed E-state index contributed by atoms with van der Waals surface area (Å²) in [5.41, 5.74) is 6.17. The van der Waals surface area contributed by atoms with E-state index in [1.807, 2.05) is 0 Å². The second-order valence-corrected chi connectivity index (χ2v) is 8.13. The van der Waals surface area contributed by atoms with Crippen molar-refractivity contribution < 1.29 is 17.9 Å². The first kappa shape index (κ1) is 18.8. The fourth-order valence-corrected chi connectivity index (χ4v) is 3.49. The van der Waals surface area contributed by atoms with E-state index in [0.29, 0.717) is 18.2 Å². The summed E-state index contributed by atoms with van der Waals surface area (Å²) in [6.45, 7) is 0.460. The zero-order chi connectivity index (χ0) is 17.7. The lowest BCUT2D eigenvalue weighted by atomic mass is 9.86. The van der Waals surface area contributed by atoms with Gasteiger partial charge in [0, 0.05) is 19.2 Å². The van der Waals surface area contributed by atoms with Gasteiger partial charge in [0.05, 0.1) is 29.1 Å². The average Bonchev–Trinajstić information content (AvgIpc) is 2.47. The fraction of sp³-hybridized carbons (Fsp3) is 0.533. The Balaban J connectivity index is 1.87. The van der Waals surface area contributed by atoms with Crippen molar-refractivity contribution in [3.63, 3.8) is 0 Å².